The van der Waals surface area contributed by atoms with Crippen molar-refractivity contribution in [3.05, 3.63) is 106 Å². The highest BCUT2D eigenvalue weighted by Gasteiger charge is 2.34. The summed E-state index contributed by atoms with van der Waals surface area (Å²) in [4.78, 5) is 212. The van der Waals surface area contributed by atoms with Gasteiger partial charge in [-0.1, -0.05) is 123 Å². The van der Waals surface area contributed by atoms with Gasteiger partial charge < -0.3 is 86.6 Å². The van der Waals surface area contributed by atoms with Gasteiger partial charge in [0.2, 0.25) is 7.37 Å². The molecular weight excluding hydrogens is 1950 g/mol. The monoisotopic (exact) mass is 2120 g/mol. The number of carboxylic acids is 14. The summed E-state index contributed by atoms with van der Waals surface area (Å²) in [7, 11) is -3.65. The summed E-state index contributed by atoms with van der Waals surface area (Å²) in [6.45, 7) is 30.2. The van der Waals surface area contributed by atoms with E-state index in [4.69, 9.17) is 5.11 Å². The largest absolute Gasteiger partial charge is 0.480 e. The molecule has 3 atom stereocenters. The summed E-state index contributed by atoms with van der Waals surface area (Å²) in [6, 6.07) is 21.8. The molecule has 3 unspecified atom stereocenters. The summed E-state index contributed by atoms with van der Waals surface area (Å²) in [6.07, 6.45) is 0.690. The van der Waals surface area contributed by atoms with E-state index in [-0.39, 0.29) is 230 Å². The van der Waals surface area contributed by atoms with Gasteiger partial charge in [-0.3, -0.25) is 150 Å². The number of rotatable bonds is 39. The fourth-order valence-corrected chi connectivity index (χ4v) is 19.3. The van der Waals surface area contributed by atoms with Crippen LogP contribution in [0.2, 0.25) is 0 Å². The van der Waals surface area contributed by atoms with E-state index in [0.29, 0.717) is 123 Å². The molecule has 49 heteroatoms. The summed E-state index contributed by atoms with van der Waals surface area (Å²) < 4.78 is 13.3. The van der Waals surface area contributed by atoms with Gasteiger partial charge in [0.1, 0.15) is 0 Å². The molecule has 0 radical (unpaired) electrons. The number of amides is 1. The summed E-state index contributed by atoms with van der Waals surface area (Å²) >= 11 is 0. The predicted molar refractivity (Wildman–Crippen MR) is 548 cm³/mol. The molecule has 3 aromatic carbocycles. The first-order valence-corrected chi connectivity index (χ1v) is 51.7. The van der Waals surface area contributed by atoms with Crippen molar-refractivity contribution in [2.45, 2.75) is 124 Å². The fourth-order valence-electron chi connectivity index (χ4n) is 17.5. The number of benzene rings is 3. The van der Waals surface area contributed by atoms with Gasteiger partial charge >= 0.3 is 83.6 Å². The third kappa shape index (κ3) is 58.4. The van der Waals surface area contributed by atoms with Crippen molar-refractivity contribution >= 4 is 96.8 Å². The Bertz CT molecular complexity index is 4640. The Morgan fingerprint density at radius 3 is 0.689 bits per heavy atom. The first kappa shape index (κ1) is 130. The molecule has 834 valence electrons. The molecule has 148 heavy (non-hydrogen) atoms. The molecule has 0 spiro atoms. The van der Waals surface area contributed by atoms with Crippen LogP contribution in [0.1, 0.15) is 114 Å². The Morgan fingerprint density at radius 1 is 0.277 bits per heavy atom. The highest BCUT2D eigenvalue weighted by atomic mass is 31.2. The van der Waals surface area contributed by atoms with Gasteiger partial charge in [-0.15, -0.1) is 0 Å². The molecule has 4 fully saturated rings. The average molecular weight is 2120 g/mol. The molecule has 1 amide bonds. The summed E-state index contributed by atoms with van der Waals surface area (Å²) in [5, 5.41) is 134. The van der Waals surface area contributed by atoms with E-state index >= 15 is 0 Å². The van der Waals surface area contributed by atoms with Crippen molar-refractivity contribution in [2.24, 2.45) is 5.41 Å². The number of carbonyl (C=O) groups is 15. The van der Waals surface area contributed by atoms with Gasteiger partial charge in [-0.25, -0.2) is 0 Å². The first-order valence-electron chi connectivity index (χ1n) is 49.7. The topological polar surface area (TPSA) is 640 Å². The maximum atomic E-state index is 13.3. The molecule has 3 aromatic rings. The van der Waals surface area contributed by atoms with Gasteiger partial charge in [0.05, 0.1) is 104 Å². The van der Waals surface area contributed by atoms with Gasteiger partial charge in [0.15, 0.2) is 0 Å². The number of aliphatic carboxylic acids is 14. The Balaban J connectivity index is 0.000000414. The zero-order valence-electron chi connectivity index (χ0n) is 87.7. The summed E-state index contributed by atoms with van der Waals surface area (Å²) in [5.41, 5.74) is 5.28. The highest BCUT2D eigenvalue weighted by Crippen LogP contribution is 2.45. The molecule has 0 aromatic heterocycles. The van der Waals surface area contributed by atoms with E-state index in [1.54, 1.807) is 88.0 Å². The highest BCUT2D eigenvalue weighted by molar-refractivity contribution is 7.57. The second kappa shape index (κ2) is 65.4. The Labute approximate surface area is 866 Å². The minimum Gasteiger partial charge on any atom is -0.480 e. The Hall–Kier alpha value is -10.7. The number of nitrogens with one attached hydrogen (secondary N) is 1. The van der Waals surface area contributed by atoms with Crippen molar-refractivity contribution < 1.29 is 153 Å². The number of hydrogen-bond donors (Lipinski definition) is 16. The molecule has 7 rings (SSSR count). The SMILES string of the molecule is CC(C)(C)CN1CCN(CC(=O)O)CCN(CC(=O)O)CCN(CC(=O)O)CC1.CC(C)(C)c1ccc(CC2CN(CC(=O)O)CCN(CC(=O)O)CCN(CC(=O)O)CCN2CC(=O)O)cc1.CC(C)(C)c1ccc(CP(=O)(O)CN2CCN(CC(=O)O)CCN(CC(=O)O)CCN(CC(=O)O)CC2)cc1.CC(C)NC(=O)c1ccc(CC2CN(CC(=O)O)CCN(CC(=O)O)CCN(CC(=O)O)CCN2CC(=O)O)cc1. The third-order valence-electron chi connectivity index (χ3n) is 24.9. The first-order chi connectivity index (χ1) is 69.1. The van der Waals surface area contributed by atoms with Crippen molar-refractivity contribution in [1.29, 1.82) is 0 Å². The second-order valence-corrected chi connectivity index (χ2v) is 44.0. The van der Waals surface area contributed by atoms with Crippen LogP contribution in [0.3, 0.4) is 0 Å². The summed E-state index contributed by atoms with van der Waals surface area (Å²) in [5.74, 6) is -14.4. The number of carboxylic acid groups (broad SMARTS) is 14. The van der Waals surface area contributed by atoms with Gasteiger partial charge in [-0.2, -0.15) is 0 Å². The maximum absolute atomic E-state index is 13.3. The van der Waals surface area contributed by atoms with Crippen LogP contribution in [-0.4, -0.2) is 563 Å². The van der Waals surface area contributed by atoms with Gasteiger partial charge in [0, 0.05) is 227 Å². The standard InChI is InChI=1S/C27H41N5O9.C27H42N4O8.C26H43N4O8P.C19H36N4O6/c1-19(2)28-27(41)21-5-3-20(4-6-21)13-22-14-31(17-25(37)38)10-9-29(15-23(33)34)7-8-30(16-24(35)36)11-12-32(22)18-26(39)40;1-27(2,3)21-6-4-20(5-7-21)14-22-15-30(18-25(36)37)11-10-28(16-23(32)33)8-9-29(17-24(34)35)12-13-31(22)19-26(38)39;1-26(2,3)22-6-4-21(5-7-22)19-39(37,38)20-30-14-12-28(17-24(33)34)10-8-27(16-23(31)32)9-11-29(13-15-30)18-25(35)36;1-19(2,3)15-23-10-8-21(13-17(26)27)6-4-20(12-16(24)25)5-7-22(9-11-23)14-18(28)29/h3-6,19,22H,7-18H2,1-2H3,(H,28,41)(H,33,34)(H,35,36)(H,37,38)(H,39,40);4-7,22H,8-19H2,1-3H3,(H,32,33)(H,34,35)(H,36,37)(H,38,39);4-7H,8-20H2,1-3H3,(H,31,32)(H,33,34)(H,35,36)(H,37,38);4-15H2,1-3H3,(H,24,25)(H,26,27)(H,28,29). The minimum atomic E-state index is -3.65. The second-order valence-electron chi connectivity index (χ2n) is 41.7. The number of carbonyl (C=O) groups excluding carboxylic acids is 1. The van der Waals surface area contributed by atoms with Gasteiger partial charge in [-0.05, 0) is 82.9 Å². The van der Waals surface area contributed by atoms with Crippen LogP contribution in [0.5, 0.6) is 0 Å². The molecule has 0 aliphatic carbocycles. The number of hydrogen-bond acceptors (Lipinski definition) is 32. The number of nitrogens with zero attached hydrogens (tertiary/aromatic N) is 16. The fraction of sp³-hybridized carbons (Fsp3) is 0.667. The van der Waals surface area contributed by atoms with E-state index in [1.165, 1.54) is 0 Å². The lowest BCUT2D eigenvalue weighted by molar-refractivity contribution is -0.142. The molecular formula is C99H162N17O31P. The molecule has 4 heterocycles. The molecule has 48 nitrogen and oxygen atoms in total. The Kier molecular flexibility index (Phi) is 57.2. The van der Waals surface area contributed by atoms with E-state index in [9.17, 15) is 148 Å². The van der Waals surface area contributed by atoms with E-state index < -0.39 is 97.0 Å². The van der Waals surface area contributed by atoms with Gasteiger partial charge in [0.25, 0.3) is 5.91 Å². The van der Waals surface area contributed by atoms with E-state index in [1.807, 2.05) is 72.2 Å². The molecule has 0 saturated carbocycles. The normalized spacial score (nSPS) is 19.4. The molecule has 4 saturated heterocycles. The van der Waals surface area contributed by atoms with Crippen LogP contribution in [-0.2, 0) is 102 Å². The van der Waals surface area contributed by atoms with Crippen LogP contribution >= 0.6 is 7.37 Å². The van der Waals surface area contributed by atoms with Crippen LogP contribution in [0.25, 0.3) is 0 Å². The maximum Gasteiger partial charge on any atom is 0.317 e. The minimum absolute atomic E-state index is 0.00421. The van der Waals surface area contributed by atoms with E-state index in [0.717, 1.165) is 34.4 Å². The van der Waals surface area contributed by atoms with Crippen molar-refractivity contribution in [2.75, 3.05) is 301 Å². The molecule has 16 N–H and O–H groups in total. The van der Waals surface area contributed by atoms with Crippen LogP contribution in [0.15, 0.2) is 72.8 Å². The quantitative estimate of drug-likeness (QED) is 0.0345. The Morgan fingerprint density at radius 2 is 0.473 bits per heavy atom. The smallest absolute Gasteiger partial charge is 0.317 e. The zero-order chi connectivity index (χ0) is 111. The zero-order valence-corrected chi connectivity index (χ0v) is 88.5. The van der Waals surface area contributed by atoms with Crippen LogP contribution in [0.4, 0.5) is 0 Å². The average Bonchev–Trinajstić information content (AvgIpc) is 0.846. The lowest BCUT2D eigenvalue weighted by Gasteiger charge is -2.37. The van der Waals surface area contributed by atoms with Crippen molar-refractivity contribution in [3.8, 4) is 0 Å². The van der Waals surface area contributed by atoms with Crippen molar-refractivity contribution in [1.82, 2.24) is 83.7 Å². The third-order valence-corrected chi connectivity index (χ3v) is 26.6. The molecule has 4 aliphatic heterocycles. The molecule has 4 aliphatic rings. The lowest BCUT2D eigenvalue weighted by Crippen LogP contribution is -2.53. The van der Waals surface area contributed by atoms with E-state index in [2.05, 4.69) is 72.5 Å². The van der Waals surface area contributed by atoms with Crippen LogP contribution in [0, 0.1) is 5.41 Å². The van der Waals surface area contributed by atoms with Crippen LogP contribution < -0.4 is 5.32 Å². The predicted octanol–water partition coefficient (Wildman–Crippen LogP) is 0.446. The van der Waals surface area contributed by atoms with Crippen molar-refractivity contribution in [3.63, 3.8) is 0 Å². The lowest BCUT2D eigenvalue weighted by atomic mass is 9.86. The molecule has 0 bridgehead atoms.